The minimum absolute atomic E-state index is 0.140. The predicted octanol–water partition coefficient (Wildman–Crippen LogP) is 5.25. The molecule has 0 aromatic rings. The lowest BCUT2D eigenvalue weighted by atomic mass is 9.82. The zero-order valence-corrected chi connectivity index (χ0v) is 27.7. The first kappa shape index (κ1) is 36.4. The fraction of sp³-hybridized carbons (Fsp3) is 0.800. The molecular weight excluding hydrogens is 558 g/mol. The van der Waals surface area contributed by atoms with Crippen molar-refractivity contribution in [3.8, 4) is 0 Å². The van der Waals surface area contributed by atoms with Crippen LogP contribution < -0.4 is 10.6 Å². The quantitative estimate of drug-likeness (QED) is 0.125. The Labute approximate surface area is 265 Å². The number of allylic oxidation sites excluding steroid dienone is 1. The van der Waals surface area contributed by atoms with Gasteiger partial charge in [-0.3, -0.25) is 14.4 Å². The van der Waals surface area contributed by atoms with Gasteiger partial charge in [0.05, 0.1) is 23.9 Å². The highest BCUT2D eigenvalue weighted by atomic mass is 16.5. The van der Waals surface area contributed by atoms with E-state index in [-0.39, 0.29) is 42.3 Å². The van der Waals surface area contributed by atoms with E-state index in [4.69, 9.17) is 9.47 Å². The molecule has 2 aliphatic heterocycles. The molecule has 0 radical (unpaired) electrons. The minimum Gasteiger partial charge on any atom is -0.462 e. The highest BCUT2D eigenvalue weighted by Crippen LogP contribution is 2.32. The van der Waals surface area contributed by atoms with Gasteiger partial charge in [-0.15, -0.1) is 4.99 Å². The molecule has 44 heavy (non-hydrogen) atoms. The van der Waals surface area contributed by atoms with E-state index in [1.165, 1.54) is 24.5 Å². The smallest absolute Gasteiger partial charge is 0.302 e. The lowest BCUT2D eigenvalue weighted by Gasteiger charge is -2.32. The van der Waals surface area contributed by atoms with Crippen LogP contribution in [-0.2, 0) is 23.9 Å². The maximum absolute atomic E-state index is 12.9. The van der Waals surface area contributed by atoms with Crippen LogP contribution in [0.5, 0.6) is 0 Å². The Morgan fingerprint density at radius 1 is 1.11 bits per heavy atom. The Balaban J connectivity index is 1.44. The van der Waals surface area contributed by atoms with Gasteiger partial charge in [-0.25, -0.2) is 0 Å². The molecule has 0 aromatic carbocycles. The largest absolute Gasteiger partial charge is 0.462 e. The monoisotopic (exact) mass is 616 g/mol. The van der Waals surface area contributed by atoms with E-state index < -0.39 is 6.10 Å². The summed E-state index contributed by atoms with van der Waals surface area (Å²) in [7, 11) is 1.63. The SMILES string of the molecule is CCC(CCC(CC(=O)CCC1CCC(O)C(OC)C1)OC(C)=O)CC1=C(CCC2CCNC(NCCC(C)=O)C2)[CH+]N=C1. The van der Waals surface area contributed by atoms with Gasteiger partial charge in [0.2, 0.25) is 0 Å². The molecule has 0 bridgehead atoms. The number of piperidine rings is 1. The van der Waals surface area contributed by atoms with Crippen molar-refractivity contribution in [2.45, 2.75) is 142 Å². The van der Waals surface area contributed by atoms with Crippen molar-refractivity contribution < 1.29 is 29.0 Å². The van der Waals surface area contributed by atoms with E-state index in [1.54, 1.807) is 14.0 Å². The maximum Gasteiger partial charge on any atom is 0.302 e. The normalized spacial score (nSPS) is 26.7. The molecule has 0 amide bonds. The summed E-state index contributed by atoms with van der Waals surface area (Å²) in [4.78, 5) is 40.5. The minimum atomic E-state index is -0.415. The van der Waals surface area contributed by atoms with Crippen LogP contribution in [0.1, 0.15) is 117 Å². The van der Waals surface area contributed by atoms with Gasteiger partial charge in [-0.05, 0) is 89.0 Å². The summed E-state index contributed by atoms with van der Waals surface area (Å²) in [6.45, 7) is 9.00. The number of methoxy groups -OCH3 is 1. The summed E-state index contributed by atoms with van der Waals surface area (Å²) in [5.74, 6) is 1.47. The predicted molar refractivity (Wildman–Crippen MR) is 173 cm³/mol. The lowest BCUT2D eigenvalue weighted by molar-refractivity contribution is -0.148. The van der Waals surface area contributed by atoms with Crippen molar-refractivity contribution >= 4 is 23.8 Å². The van der Waals surface area contributed by atoms with Crippen molar-refractivity contribution in [1.29, 1.82) is 0 Å². The molecular formula is C35H58N3O6+. The number of aliphatic hydroxyl groups excluding tert-OH is 1. The van der Waals surface area contributed by atoms with Crippen LogP contribution >= 0.6 is 0 Å². The number of aliphatic hydroxyl groups is 1. The van der Waals surface area contributed by atoms with Crippen LogP contribution in [0.4, 0.5) is 0 Å². The molecule has 3 aliphatic rings. The molecule has 0 spiro atoms. The number of rotatable bonds is 20. The Kier molecular flexibility index (Phi) is 16.1. The molecule has 248 valence electrons. The zero-order valence-electron chi connectivity index (χ0n) is 27.7. The van der Waals surface area contributed by atoms with Gasteiger partial charge in [-0.1, -0.05) is 13.3 Å². The summed E-state index contributed by atoms with van der Waals surface area (Å²) in [6, 6.07) is 0. The average molecular weight is 617 g/mol. The number of aliphatic imine (C=N–C) groups is 1. The number of hydrogen-bond donors (Lipinski definition) is 3. The van der Waals surface area contributed by atoms with Gasteiger partial charge in [0.15, 0.2) is 6.21 Å². The van der Waals surface area contributed by atoms with Gasteiger partial charge in [0.1, 0.15) is 29.8 Å². The van der Waals surface area contributed by atoms with Gasteiger partial charge >= 0.3 is 5.97 Å². The van der Waals surface area contributed by atoms with Crippen molar-refractivity contribution in [2.24, 2.45) is 22.7 Å². The van der Waals surface area contributed by atoms with Crippen LogP contribution in [-0.4, -0.2) is 73.5 Å². The number of nitrogens with zero attached hydrogens (tertiary/aromatic N) is 1. The summed E-state index contributed by atoms with van der Waals surface area (Å²) in [6.07, 6.45) is 13.8. The molecule has 1 aliphatic carbocycles. The Morgan fingerprint density at radius 3 is 2.64 bits per heavy atom. The number of ketones is 2. The molecule has 3 rings (SSSR count). The summed E-state index contributed by atoms with van der Waals surface area (Å²) in [5, 5.41) is 17.1. The number of nitrogens with one attached hydrogen (secondary N) is 2. The van der Waals surface area contributed by atoms with Crippen LogP contribution in [0, 0.1) is 24.3 Å². The van der Waals surface area contributed by atoms with Crippen LogP contribution in [0.2, 0.25) is 0 Å². The van der Waals surface area contributed by atoms with Gasteiger partial charge < -0.3 is 25.2 Å². The second-order valence-electron chi connectivity index (χ2n) is 13.4. The molecule has 0 aromatic heterocycles. The number of carbonyl (C=O) groups excluding carboxylic acids is 3. The number of Topliss-reactive ketones (excluding diaryl/α,β-unsaturated/α-hetero) is 2. The lowest BCUT2D eigenvalue weighted by Crippen LogP contribution is -2.48. The third-order valence-corrected chi connectivity index (χ3v) is 9.85. The number of carbonyl (C=O) groups is 3. The van der Waals surface area contributed by atoms with Crippen LogP contribution in [0.15, 0.2) is 16.1 Å². The molecule has 7 atom stereocenters. The first-order valence-corrected chi connectivity index (χ1v) is 17.1. The Hall–Kier alpha value is -2.07. The third-order valence-electron chi connectivity index (χ3n) is 9.85. The first-order valence-electron chi connectivity index (χ1n) is 17.1. The van der Waals surface area contributed by atoms with Gasteiger partial charge in [0.25, 0.3) is 0 Å². The summed E-state index contributed by atoms with van der Waals surface area (Å²) >= 11 is 0. The van der Waals surface area contributed by atoms with Crippen molar-refractivity contribution in [3.05, 3.63) is 17.7 Å². The third kappa shape index (κ3) is 13.1. The van der Waals surface area contributed by atoms with E-state index in [0.29, 0.717) is 43.4 Å². The topological polar surface area (TPSA) is 126 Å². The Morgan fingerprint density at radius 2 is 1.91 bits per heavy atom. The van der Waals surface area contributed by atoms with Crippen molar-refractivity contribution in [3.63, 3.8) is 0 Å². The molecule has 2 heterocycles. The van der Waals surface area contributed by atoms with Gasteiger partial charge in [-0.2, -0.15) is 0 Å². The summed E-state index contributed by atoms with van der Waals surface area (Å²) < 4.78 is 11.0. The zero-order chi connectivity index (χ0) is 31.9. The molecule has 2 fully saturated rings. The van der Waals surface area contributed by atoms with E-state index in [1.807, 2.05) is 12.8 Å². The second-order valence-corrected chi connectivity index (χ2v) is 13.4. The highest BCUT2D eigenvalue weighted by molar-refractivity contribution is 5.84. The standard InChI is InChI=1S/C35H58N3O6/c1-5-26(8-12-32(44-25(3)40)21-31(41)11-7-27-9-13-33(42)34(19-27)43-4)18-30-23-36-22-29(30)10-6-28-15-17-38-35(20-28)37-16-14-24(2)39/h22-23,26-28,32-35,37-38,42H,5-21H2,1-4H3/q+1. The van der Waals surface area contributed by atoms with Crippen LogP contribution in [0.3, 0.4) is 0 Å². The fourth-order valence-electron chi connectivity index (χ4n) is 7.04. The van der Waals surface area contributed by atoms with Crippen LogP contribution in [0.25, 0.3) is 0 Å². The average Bonchev–Trinajstić information content (AvgIpc) is 3.44. The van der Waals surface area contributed by atoms with E-state index >= 15 is 0 Å². The maximum atomic E-state index is 12.9. The molecule has 1 saturated heterocycles. The first-order chi connectivity index (χ1) is 21.2. The van der Waals surface area contributed by atoms with E-state index in [9.17, 15) is 19.5 Å². The van der Waals surface area contributed by atoms with E-state index in [0.717, 1.165) is 70.9 Å². The number of esters is 1. The molecule has 3 N–H and O–H groups in total. The fourth-order valence-corrected chi connectivity index (χ4v) is 7.04. The van der Waals surface area contributed by atoms with E-state index in [2.05, 4.69) is 22.5 Å². The second kappa shape index (κ2) is 19.4. The van der Waals surface area contributed by atoms with Gasteiger partial charge in [0, 0.05) is 52.7 Å². The summed E-state index contributed by atoms with van der Waals surface area (Å²) in [5.41, 5.74) is 2.65. The highest BCUT2D eigenvalue weighted by Gasteiger charge is 2.30. The van der Waals surface area contributed by atoms with Crippen molar-refractivity contribution in [2.75, 3.05) is 20.2 Å². The molecule has 1 saturated carbocycles. The molecule has 9 heteroatoms. The van der Waals surface area contributed by atoms with Crippen molar-refractivity contribution in [1.82, 2.24) is 10.6 Å². The molecule has 9 nitrogen and oxygen atoms in total. The molecule has 7 unspecified atom stereocenters. The number of ether oxygens (including phenoxy) is 2. The number of hydrogen-bond acceptors (Lipinski definition) is 9. The Bertz CT molecular complexity index is 982.